The topological polar surface area (TPSA) is 174 Å². The van der Waals surface area contributed by atoms with Gasteiger partial charge in [0.15, 0.2) is 0 Å². The minimum atomic E-state index is -0.410. The summed E-state index contributed by atoms with van der Waals surface area (Å²) in [4.78, 5) is 57.5. The Labute approximate surface area is 331 Å². The third-order valence-electron chi connectivity index (χ3n) is 10.7. The Kier molecular flexibility index (Phi) is 9.40. The summed E-state index contributed by atoms with van der Waals surface area (Å²) in [5, 5.41) is 27.3. The SMILES string of the molecule is O=C1NC(=O)C(c2cc3ccccc3[nH]2)=C1c1cc2ccccc2[nH]1.O=C1NC(=O)C(c2cn(CCCO)c3ccccc23)=C1c1cn(CCCO)c2ccccc12. The quantitative estimate of drug-likeness (QED) is 0.0911. The van der Waals surface area contributed by atoms with E-state index in [1.54, 1.807) is 0 Å². The first-order valence-electron chi connectivity index (χ1n) is 19.1. The van der Waals surface area contributed by atoms with Crippen molar-refractivity contribution < 1.29 is 29.4 Å². The second-order valence-corrected chi connectivity index (χ2v) is 14.3. The predicted octanol–water partition coefficient (Wildman–Crippen LogP) is 6.14. The molecule has 4 aromatic carbocycles. The van der Waals surface area contributed by atoms with Crippen LogP contribution in [0, 0.1) is 0 Å². The first-order valence-corrected chi connectivity index (χ1v) is 19.1. The Morgan fingerprint density at radius 2 is 0.845 bits per heavy atom. The number of aliphatic hydroxyl groups is 2. The standard InChI is InChI=1S/C26H25N3O4.C20H13N3O2/c30-13-5-11-28-15-19(17-7-1-3-9-21(17)28)23-24(26(33)27-25(23)32)20-16-29(12-6-14-31)22-10-4-2-8-18(20)22;24-19-17(15-9-11-5-1-3-7-13(11)21-15)18(20(25)23-19)16-10-12-6-2-4-8-14(12)22-16/h1-4,7-10,15-16,30-31H,5-6,11-14H2,(H,27,32,33);1-10,21-22H,(H,23,24,25). The molecular formula is C46H38N6O6. The largest absolute Gasteiger partial charge is 0.396 e. The summed E-state index contributed by atoms with van der Waals surface area (Å²) in [6, 6.07) is 34.9. The molecule has 0 spiro atoms. The number of fused-ring (bicyclic) bond motifs is 4. The van der Waals surface area contributed by atoms with Gasteiger partial charge in [0.1, 0.15) is 0 Å². The smallest absolute Gasteiger partial charge is 0.261 e. The Morgan fingerprint density at radius 3 is 1.26 bits per heavy atom. The fraction of sp³-hybridized carbons (Fsp3) is 0.130. The Balaban J connectivity index is 0.000000156. The number of benzene rings is 4. The third-order valence-corrected chi connectivity index (χ3v) is 10.7. The molecule has 0 aliphatic carbocycles. The molecule has 8 aromatic rings. The maximum atomic E-state index is 13.1. The molecule has 0 unspecified atom stereocenters. The van der Waals surface area contributed by atoms with Gasteiger partial charge in [-0.05, 0) is 49.2 Å². The van der Waals surface area contributed by atoms with Gasteiger partial charge in [0, 0.05) is 93.4 Å². The zero-order chi connectivity index (χ0) is 39.9. The zero-order valence-corrected chi connectivity index (χ0v) is 31.2. The van der Waals surface area contributed by atoms with Crippen LogP contribution in [0.25, 0.3) is 65.9 Å². The van der Waals surface area contributed by atoms with Crippen LogP contribution in [0.4, 0.5) is 0 Å². The van der Waals surface area contributed by atoms with E-state index in [1.165, 1.54) is 0 Å². The van der Waals surface area contributed by atoms with Crippen molar-refractivity contribution in [1.29, 1.82) is 0 Å². The highest BCUT2D eigenvalue weighted by atomic mass is 16.3. The van der Waals surface area contributed by atoms with Crippen molar-refractivity contribution >= 4 is 89.5 Å². The van der Waals surface area contributed by atoms with Crippen molar-refractivity contribution in [3.8, 4) is 0 Å². The number of amides is 4. The predicted molar refractivity (Wildman–Crippen MR) is 224 cm³/mol. The second-order valence-electron chi connectivity index (χ2n) is 14.3. The number of hydrogen-bond acceptors (Lipinski definition) is 6. The molecule has 2 aliphatic heterocycles. The zero-order valence-electron chi connectivity index (χ0n) is 31.2. The fourth-order valence-corrected chi connectivity index (χ4v) is 8.10. The number of aromatic amines is 2. The molecule has 0 atom stereocenters. The van der Waals surface area contributed by atoms with Crippen molar-refractivity contribution in [2.24, 2.45) is 0 Å². The number of aryl methyl sites for hydroxylation is 2. The van der Waals surface area contributed by atoms with Gasteiger partial charge in [-0.15, -0.1) is 0 Å². The Bertz CT molecular complexity index is 2760. The number of para-hydroxylation sites is 4. The van der Waals surface area contributed by atoms with Crippen LogP contribution in [0.3, 0.4) is 0 Å². The lowest BCUT2D eigenvalue weighted by atomic mass is 9.95. The number of aromatic nitrogens is 4. The maximum Gasteiger partial charge on any atom is 0.261 e. The number of nitrogens with one attached hydrogen (secondary N) is 4. The first kappa shape index (κ1) is 36.4. The second kappa shape index (κ2) is 15.0. The van der Waals surface area contributed by atoms with Crippen molar-refractivity contribution in [2.45, 2.75) is 25.9 Å². The molecule has 0 bridgehead atoms. The van der Waals surface area contributed by atoms with Crippen LogP contribution < -0.4 is 10.6 Å². The van der Waals surface area contributed by atoms with Crippen molar-refractivity contribution in [2.75, 3.05) is 13.2 Å². The summed E-state index contributed by atoms with van der Waals surface area (Å²) in [7, 11) is 0. The minimum absolute atomic E-state index is 0.0715. The van der Waals surface area contributed by atoms with Crippen LogP contribution in [-0.2, 0) is 32.3 Å². The van der Waals surface area contributed by atoms with E-state index in [9.17, 15) is 29.4 Å². The van der Waals surface area contributed by atoms with Crippen LogP contribution >= 0.6 is 0 Å². The number of hydrogen-bond donors (Lipinski definition) is 6. The normalized spacial score (nSPS) is 14.4. The highest BCUT2D eigenvalue weighted by Crippen LogP contribution is 2.39. The summed E-state index contributed by atoms with van der Waals surface area (Å²) < 4.78 is 4.04. The molecule has 4 aromatic heterocycles. The summed E-state index contributed by atoms with van der Waals surface area (Å²) >= 11 is 0. The van der Waals surface area contributed by atoms with Gasteiger partial charge in [0.25, 0.3) is 23.6 Å². The van der Waals surface area contributed by atoms with Crippen LogP contribution in [0.5, 0.6) is 0 Å². The molecule has 12 heteroatoms. The summed E-state index contributed by atoms with van der Waals surface area (Å²) in [6.07, 6.45) is 4.98. The Hall–Kier alpha value is -7.28. The molecular weight excluding hydrogens is 733 g/mol. The lowest BCUT2D eigenvalue weighted by molar-refractivity contribution is -0.124. The monoisotopic (exact) mass is 770 g/mol. The lowest BCUT2D eigenvalue weighted by Crippen LogP contribution is -2.22. The van der Waals surface area contributed by atoms with Crippen LogP contribution in [0.15, 0.2) is 122 Å². The van der Waals surface area contributed by atoms with E-state index in [0.717, 1.165) is 43.6 Å². The summed E-state index contributed by atoms with van der Waals surface area (Å²) in [6.45, 7) is 1.36. The van der Waals surface area contributed by atoms with Gasteiger partial charge in [-0.3, -0.25) is 29.8 Å². The van der Waals surface area contributed by atoms with Gasteiger partial charge < -0.3 is 29.3 Å². The van der Waals surface area contributed by atoms with Crippen molar-refractivity contribution in [3.05, 3.63) is 144 Å². The molecule has 0 saturated heterocycles. The molecule has 0 fully saturated rings. The molecule has 288 valence electrons. The number of rotatable bonds is 10. The highest BCUT2D eigenvalue weighted by molar-refractivity contribution is 6.51. The van der Waals surface area contributed by atoms with Crippen molar-refractivity contribution in [1.82, 2.24) is 29.7 Å². The van der Waals surface area contributed by atoms with Crippen molar-refractivity contribution in [3.63, 3.8) is 0 Å². The maximum absolute atomic E-state index is 13.1. The number of imide groups is 2. The average molecular weight is 771 g/mol. The van der Waals surface area contributed by atoms with E-state index >= 15 is 0 Å². The molecule has 2 aliphatic rings. The van der Waals surface area contributed by atoms with Gasteiger partial charge in [-0.2, -0.15) is 0 Å². The molecule has 0 radical (unpaired) electrons. The van der Waals surface area contributed by atoms with E-state index in [4.69, 9.17) is 0 Å². The average Bonchev–Trinajstić information content (AvgIpc) is 4.09. The van der Waals surface area contributed by atoms with Gasteiger partial charge in [-0.25, -0.2) is 0 Å². The van der Waals surface area contributed by atoms with Crippen LogP contribution in [-0.4, -0.2) is 66.2 Å². The molecule has 12 nitrogen and oxygen atoms in total. The molecule has 0 saturated carbocycles. The number of carbonyl (C=O) groups is 4. The number of carbonyl (C=O) groups excluding carboxylic acids is 4. The van der Waals surface area contributed by atoms with E-state index in [2.05, 4.69) is 20.6 Å². The van der Waals surface area contributed by atoms with Gasteiger partial charge in [0.2, 0.25) is 0 Å². The molecule has 6 heterocycles. The molecule has 4 amide bonds. The Morgan fingerprint density at radius 1 is 0.466 bits per heavy atom. The van der Waals surface area contributed by atoms with E-state index in [1.807, 2.05) is 131 Å². The van der Waals surface area contributed by atoms with E-state index < -0.39 is 11.8 Å². The third kappa shape index (κ3) is 6.30. The van der Waals surface area contributed by atoms with Gasteiger partial charge >= 0.3 is 0 Å². The van der Waals surface area contributed by atoms with Crippen LogP contribution in [0.2, 0.25) is 0 Å². The first-order chi connectivity index (χ1) is 28.3. The minimum Gasteiger partial charge on any atom is -0.396 e. The fourth-order valence-electron chi connectivity index (χ4n) is 8.10. The number of aliphatic hydroxyl groups excluding tert-OH is 2. The number of nitrogens with zero attached hydrogens (tertiary/aromatic N) is 2. The number of H-pyrrole nitrogens is 2. The van der Waals surface area contributed by atoms with Gasteiger partial charge in [-0.1, -0.05) is 72.8 Å². The molecule has 10 rings (SSSR count). The highest BCUT2D eigenvalue weighted by Gasteiger charge is 2.36. The summed E-state index contributed by atoms with van der Waals surface area (Å²) in [5.41, 5.74) is 7.89. The summed E-state index contributed by atoms with van der Waals surface area (Å²) in [5.74, 6) is -1.59. The van der Waals surface area contributed by atoms with Gasteiger partial charge in [0.05, 0.1) is 33.7 Å². The van der Waals surface area contributed by atoms with E-state index in [0.29, 0.717) is 70.7 Å². The van der Waals surface area contributed by atoms with Crippen LogP contribution in [0.1, 0.15) is 35.4 Å². The van der Waals surface area contributed by atoms with E-state index in [-0.39, 0.29) is 25.0 Å². The molecule has 58 heavy (non-hydrogen) atoms. The molecule has 6 N–H and O–H groups in total. The lowest BCUT2D eigenvalue weighted by Gasteiger charge is -2.03.